The van der Waals surface area contributed by atoms with Crippen LogP contribution < -0.4 is 10.2 Å². The van der Waals surface area contributed by atoms with Crippen molar-refractivity contribution < 1.29 is 19.4 Å². The minimum Gasteiger partial charge on any atom is -0.507 e. The number of hydrazone groups is 1. The maximum Gasteiger partial charge on any atom is 0.343 e. The second-order valence-corrected chi connectivity index (χ2v) is 6.60. The van der Waals surface area contributed by atoms with Crippen molar-refractivity contribution in [3.63, 3.8) is 0 Å². The standard InChI is InChI=1S/C21H15BrN2O4/c22-16-8-11-19(25)18(12-16)20(26)24-23-13-14-6-9-17(10-7-14)28-21(27)15-4-2-1-3-5-15/h1-13,25H,(H,24,26). The first-order chi connectivity index (χ1) is 13.5. The van der Waals surface area contributed by atoms with Crippen LogP contribution in [0.15, 0.2) is 82.4 Å². The number of phenolic OH excluding ortho intramolecular Hbond substituents is 1. The third-order valence-corrected chi connectivity index (χ3v) is 4.18. The van der Waals surface area contributed by atoms with Gasteiger partial charge in [0.2, 0.25) is 0 Å². The maximum absolute atomic E-state index is 12.1. The lowest BCUT2D eigenvalue weighted by molar-refractivity contribution is 0.0734. The summed E-state index contributed by atoms with van der Waals surface area (Å²) in [7, 11) is 0. The molecule has 1 amide bonds. The number of hydrogen-bond acceptors (Lipinski definition) is 5. The van der Waals surface area contributed by atoms with E-state index < -0.39 is 11.9 Å². The predicted molar refractivity (Wildman–Crippen MR) is 109 cm³/mol. The number of amides is 1. The van der Waals surface area contributed by atoms with Crippen LogP contribution >= 0.6 is 15.9 Å². The Morgan fingerprint density at radius 3 is 2.43 bits per heavy atom. The van der Waals surface area contributed by atoms with Gasteiger partial charge in [0, 0.05) is 4.47 Å². The Bertz CT molecular complexity index is 1020. The Kier molecular flexibility index (Phi) is 6.18. The molecule has 3 aromatic rings. The van der Waals surface area contributed by atoms with Gasteiger partial charge in [0.25, 0.3) is 5.91 Å². The molecule has 2 N–H and O–H groups in total. The zero-order valence-electron chi connectivity index (χ0n) is 14.5. The monoisotopic (exact) mass is 438 g/mol. The Morgan fingerprint density at radius 1 is 1.00 bits per heavy atom. The highest BCUT2D eigenvalue weighted by Gasteiger charge is 2.10. The minimum absolute atomic E-state index is 0.106. The van der Waals surface area contributed by atoms with Gasteiger partial charge in [0.15, 0.2) is 0 Å². The van der Waals surface area contributed by atoms with Crippen molar-refractivity contribution in [1.29, 1.82) is 0 Å². The van der Waals surface area contributed by atoms with E-state index in [0.717, 1.165) is 0 Å². The Balaban J connectivity index is 1.59. The molecule has 3 aromatic carbocycles. The Morgan fingerprint density at radius 2 is 1.71 bits per heavy atom. The second kappa shape index (κ2) is 8.96. The van der Waals surface area contributed by atoms with Crippen LogP contribution in [0.1, 0.15) is 26.3 Å². The van der Waals surface area contributed by atoms with Crippen LogP contribution in [-0.2, 0) is 0 Å². The molecule has 0 heterocycles. The first-order valence-corrected chi connectivity index (χ1v) is 9.01. The van der Waals surface area contributed by atoms with E-state index in [2.05, 4.69) is 26.5 Å². The van der Waals surface area contributed by atoms with Gasteiger partial charge in [-0.15, -0.1) is 0 Å². The number of esters is 1. The first kappa shape index (κ1) is 19.3. The van der Waals surface area contributed by atoms with Crippen LogP contribution in [0.2, 0.25) is 0 Å². The van der Waals surface area contributed by atoms with Crippen molar-refractivity contribution in [1.82, 2.24) is 5.43 Å². The van der Waals surface area contributed by atoms with Gasteiger partial charge < -0.3 is 9.84 Å². The van der Waals surface area contributed by atoms with Crippen molar-refractivity contribution in [3.05, 3.63) is 94.0 Å². The van der Waals surface area contributed by atoms with Gasteiger partial charge in [0.05, 0.1) is 17.3 Å². The van der Waals surface area contributed by atoms with Gasteiger partial charge in [-0.2, -0.15) is 5.10 Å². The normalized spacial score (nSPS) is 10.6. The van der Waals surface area contributed by atoms with Gasteiger partial charge in [0.1, 0.15) is 11.5 Å². The van der Waals surface area contributed by atoms with Crippen LogP contribution in [0, 0.1) is 0 Å². The molecule has 0 aliphatic rings. The fourth-order valence-corrected chi connectivity index (χ4v) is 2.64. The maximum atomic E-state index is 12.1. The SMILES string of the molecule is O=C(Oc1ccc(C=NNC(=O)c2cc(Br)ccc2O)cc1)c1ccccc1. The number of aromatic hydroxyl groups is 1. The summed E-state index contributed by atoms with van der Waals surface area (Å²) in [6.45, 7) is 0. The largest absolute Gasteiger partial charge is 0.507 e. The zero-order chi connectivity index (χ0) is 19.9. The number of phenols is 1. The summed E-state index contributed by atoms with van der Waals surface area (Å²) in [6, 6.07) is 19.9. The zero-order valence-corrected chi connectivity index (χ0v) is 16.1. The number of carbonyl (C=O) groups excluding carboxylic acids is 2. The third-order valence-electron chi connectivity index (χ3n) is 3.68. The minimum atomic E-state index is -0.538. The molecule has 6 nitrogen and oxygen atoms in total. The summed E-state index contributed by atoms with van der Waals surface area (Å²) in [6.07, 6.45) is 1.44. The molecule has 0 unspecified atom stereocenters. The average molecular weight is 439 g/mol. The van der Waals surface area contributed by atoms with E-state index >= 15 is 0 Å². The molecule has 0 bridgehead atoms. The van der Waals surface area contributed by atoms with Crippen LogP contribution in [0.3, 0.4) is 0 Å². The molecule has 0 saturated heterocycles. The van der Waals surface area contributed by atoms with E-state index in [-0.39, 0.29) is 11.3 Å². The summed E-state index contributed by atoms with van der Waals surface area (Å²) >= 11 is 3.24. The fraction of sp³-hybridized carbons (Fsp3) is 0. The molecule has 7 heteroatoms. The molecule has 140 valence electrons. The van der Waals surface area contributed by atoms with Crippen molar-refractivity contribution in [3.8, 4) is 11.5 Å². The molecule has 0 atom stereocenters. The Labute approximate surface area is 169 Å². The molecule has 0 fully saturated rings. The molecule has 0 aromatic heterocycles. The molecule has 0 aliphatic heterocycles. The summed E-state index contributed by atoms with van der Waals surface area (Å²) < 4.78 is 5.96. The smallest absolute Gasteiger partial charge is 0.343 e. The quantitative estimate of drug-likeness (QED) is 0.271. The lowest BCUT2D eigenvalue weighted by Crippen LogP contribution is -2.17. The highest BCUT2D eigenvalue weighted by molar-refractivity contribution is 9.10. The fourth-order valence-electron chi connectivity index (χ4n) is 2.28. The van der Waals surface area contributed by atoms with E-state index in [0.29, 0.717) is 21.3 Å². The number of nitrogens with zero attached hydrogens (tertiary/aromatic N) is 1. The van der Waals surface area contributed by atoms with Crippen LogP contribution in [-0.4, -0.2) is 23.2 Å². The number of ether oxygens (including phenoxy) is 1. The topological polar surface area (TPSA) is 88.0 Å². The molecular formula is C21H15BrN2O4. The Hall–Kier alpha value is -3.45. The molecule has 0 saturated carbocycles. The summed E-state index contributed by atoms with van der Waals surface area (Å²) in [5, 5.41) is 13.6. The third kappa shape index (κ3) is 5.05. The van der Waals surface area contributed by atoms with Crippen LogP contribution in [0.25, 0.3) is 0 Å². The van der Waals surface area contributed by atoms with Crippen molar-refractivity contribution in [2.75, 3.05) is 0 Å². The summed E-state index contributed by atoms with van der Waals surface area (Å²) in [5.74, 6) is -0.721. The molecule has 3 rings (SSSR count). The van der Waals surface area contributed by atoms with E-state index in [4.69, 9.17) is 4.74 Å². The van der Waals surface area contributed by atoms with Gasteiger partial charge in [-0.1, -0.05) is 34.1 Å². The van der Waals surface area contributed by atoms with Crippen molar-refractivity contribution in [2.24, 2.45) is 5.10 Å². The lowest BCUT2D eigenvalue weighted by atomic mass is 10.2. The molecule has 0 spiro atoms. The van der Waals surface area contributed by atoms with Crippen molar-refractivity contribution in [2.45, 2.75) is 0 Å². The van der Waals surface area contributed by atoms with E-state index in [1.165, 1.54) is 18.3 Å². The number of rotatable bonds is 5. The first-order valence-electron chi connectivity index (χ1n) is 8.22. The predicted octanol–water partition coefficient (Wildman–Crippen LogP) is 4.14. The molecule has 0 aliphatic carbocycles. The number of benzene rings is 3. The van der Waals surface area contributed by atoms with E-state index in [1.54, 1.807) is 54.6 Å². The second-order valence-electron chi connectivity index (χ2n) is 5.69. The van der Waals surface area contributed by atoms with Crippen LogP contribution in [0.4, 0.5) is 0 Å². The van der Waals surface area contributed by atoms with E-state index in [1.807, 2.05) is 6.07 Å². The molecule has 0 radical (unpaired) electrons. The summed E-state index contributed by atoms with van der Waals surface area (Å²) in [5.41, 5.74) is 3.61. The number of hydrogen-bond donors (Lipinski definition) is 2. The van der Waals surface area contributed by atoms with Gasteiger partial charge in [-0.05, 0) is 60.2 Å². The van der Waals surface area contributed by atoms with Gasteiger partial charge in [-0.25, -0.2) is 10.2 Å². The number of nitrogens with one attached hydrogen (secondary N) is 1. The number of carbonyl (C=O) groups is 2. The van der Waals surface area contributed by atoms with Crippen molar-refractivity contribution >= 4 is 34.0 Å². The summed E-state index contributed by atoms with van der Waals surface area (Å²) in [4.78, 5) is 24.1. The molecule has 28 heavy (non-hydrogen) atoms. The number of halogens is 1. The lowest BCUT2D eigenvalue weighted by Gasteiger charge is -2.05. The highest BCUT2D eigenvalue weighted by Crippen LogP contribution is 2.21. The van der Waals surface area contributed by atoms with Gasteiger partial charge >= 0.3 is 5.97 Å². The highest BCUT2D eigenvalue weighted by atomic mass is 79.9. The van der Waals surface area contributed by atoms with Crippen LogP contribution in [0.5, 0.6) is 11.5 Å². The molecular weight excluding hydrogens is 424 g/mol. The van der Waals surface area contributed by atoms with Gasteiger partial charge in [-0.3, -0.25) is 4.79 Å². The van der Waals surface area contributed by atoms with E-state index in [9.17, 15) is 14.7 Å². The average Bonchev–Trinajstić information content (AvgIpc) is 2.71.